The molecule has 0 bridgehead atoms. The van der Waals surface area contributed by atoms with Crippen molar-refractivity contribution in [2.45, 2.75) is 19.3 Å². The summed E-state index contributed by atoms with van der Waals surface area (Å²) in [5.41, 5.74) is 1.74. The van der Waals surface area contributed by atoms with Crippen molar-refractivity contribution >= 4 is 11.7 Å². The molecule has 1 amide bonds. The number of likely N-dealkylation sites (tertiary alicyclic amines) is 1. The molecule has 2 aromatic heterocycles. The molecule has 0 atom stereocenters. The van der Waals surface area contributed by atoms with E-state index in [2.05, 4.69) is 20.3 Å². The standard InChI is InChI=1S/C16H19N5O/c22-14-5-2-10-21(14)11-3-7-19-16-15(18-8-9-20-16)13-4-1-6-17-12-13/h1,4,6,8-9,12H,2-3,5,7,10-11H2,(H,19,20). The number of nitrogens with zero attached hydrogens (tertiary/aromatic N) is 4. The van der Waals surface area contributed by atoms with Crippen LogP contribution in [0.3, 0.4) is 0 Å². The number of carbonyl (C=O) groups is 1. The molecule has 114 valence electrons. The van der Waals surface area contributed by atoms with Gasteiger partial charge in [-0.3, -0.25) is 14.8 Å². The van der Waals surface area contributed by atoms with Crippen molar-refractivity contribution in [1.29, 1.82) is 0 Å². The molecule has 0 spiro atoms. The Balaban J connectivity index is 1.58. The summed E-state index contributed by atoms with van der Waals surface area (Å²) >= 11 is 0. The van der Waals surface area contributed by atoms with Crippen LogP contribution in [0.1, 0.15) is 19.3 Å². The number of rotatable bonds is 6. The Morgan fingerprint density at radius 2 is 2.14 bits per heavy atom. The van der Waals surface area contributed by atoms with E-state index in [0.29, 0.717) is 6.42 Å². The van der Waals surface area contributed by atoms with Crippen molar-refractivity contribution in [2.75, 3.05) is 25.0 Å². The van der Waals surface area contributed by atoms with Gasteiger partial charge in [0.05, 0.1) is 0 Å². The van der Waals surface area contributed by atoms with E-state index in [9.17, 15) is 4.79 Å². The lowest BCUT2D eigenvalue weighted by Gasteiger charge is -2.16. The zero-order chi connectivity index (χ0) is 15.2. The van der Waals surface area contributed by atoms with Crippen LogP contribution in [0.2, 0.25) is 0 Å². The van der Waals surface area contributed by atoms with E-state index in [1.165, 1.54) is 0 Å². The van der Waals surface area contributed by atoms with Crippen molar-refractivity contribution in [2.24, 2.45) is 0 Å². The molecule has 6 nitrogen and oxygen atoms in total. The Labute approximate surface area is 129 Å². The largest absolute Gasteiger partial charge is 0.368 e. The first-order valence-electron chi connectivity index (χ1n) is 7.57. The molecule has 22 heavy (non-hydrogen) atoms. The molecular weight excluding hydrogens is 278 g/mol. The second kappa shape index (κ2) is 6.98. The van der Waals surface area contributed by atoms with E-state index in [1.807, 2.05) is 17.0 Å². The van der Waals surface area contributed by atoms with E-state index >= 15 is 0 Å². The molecule has 3 heterocycles. The van der Waals surface area contributed by atoms with Gasteiger partial charge in [-0.1, -0.05) is 0 Å². The summed E-state index contributed by atoms with van der Waals surface area (Å²) in [4.78, 5) is 26.3. The summed E-state index contributed by atoms with van der Waals surface area (Å²) in [6.07, 6.45) is 9.44. The minimum absolute atomic E-state index is 0.274. The lowest BCUT2D eigenvalue weighted by atomic mass is 10.2. The maximum absolute atomic E-state index is 11.6. The van der Waals surface area contributed by atoms with Gasteiger partial charge in [-0.15, -0.1) is 0 Å². The second-order valence-corrected chi connectivity index (χ2v) is 5.26. The van der Waals surface area contributed by atoms with Gasteiger partial charge in [0.15, 0.2) is 5.82 Å². The van der Waals surface area contributed by atoms with Gasteiger partial charge in [0.2, 0.25) is 5.91 Å². The molecule has 0 aromatic carbocycles. The van der Waals surface area contributed by atoms with Crippen LogP contribution < -0.4 is 5.32 Å². The van der Waals surface area contributed by atoms with Crippen LogP contribution in [0.4, 0.5) is 5.82 Å². The maximum Gasteiger partial charge on any atom is 0.222 e. The molecule has 0 radical (unpaired) electrons. The highest BCUT2D eigenvalue weighted by Gasteiger charge is 2.19. The Kier molecular flexibility index (Phi) is 4.58. The molecular formula is C16H19N5O. The first-order chi connectivity index (χ1) is 10.8. The molecule has 1 saturated heterocycles. The molecule has 0 aliphatic carbocycles. The Hall–Kier alpha value is -2.50. The third-order valence-corrected chi connectivity index (χ3v) is 3.70. The number of anilines is 1. The summed E-state index contributed by atoms with van der Waals surface area (Å²) in [7, 11) is 0. The maximum atomic E-state index is 11.6. The van der Waals surface area contributed by atoms with Crippen LogP contribution in [0.25, 0.3) is 11.3 Å². The van der Waals surface area contributed by atoms with Gasteiger partial charge in [0, 0.05) is 56.4 Å². The fourth-order valence-corrected chi connectivity index (χ4v) is 2.60. The third kappa shape index (κ3) is 3.39. The number of aromatic nitrogens is 3. The molecule has 0 unspecified atom stereocenters. The monoisotopic (exact) mass is 297 g/mol. The minimum Gasteiger partial charge on any atom is -0.368 e. The Bertz CT molecular complexity index is 631. The lowest BCUT2D eigenvalue weighted by Crippen LogP contribution is -2.27. The van der Waals surface area contributed by atoms with Gasteiger partial charge in [0.25, 0.3) is 0 Å². The fraction of sp³-hybridized carbons (Fsp3) is 0.375. The van der Waals surface area contributed by atoms with E-state index in [1.54, 1.807) is 24.8 Å². The highest BCUT2D eigenvalue weighted by molar-refractivity contribution is 5.78. The van der Waals surface area contributed by atoms with Crippen molar-refractivity contribution < 1.29 is 4.79 Å². The van der Waals surface area contributed by atoms with E-state index < -0.39 is 0 Å². The SMILES string of the molecule is O=C1CCCN1CCCNc1nccnc1-c1cccnc1. The third-order valence-electron chi connectivity index (χ3n) is 3.70. The molecule has 2 aromatic rings. The number of nitrogens with one attached hydrogen (secondary N) is 1. The van der Waals surface area contributed by atoms with Gasteiger partial charge in [-0.05, 0) is 25.0 Å². The minimum atomic E-state index is 0.274. The van der Waals surface area contributed by atoms with Crippen LogP contribution in [-0.4, -0.2) is 45.4 Å². The van der Waals surface area contributed by atoms with Crippen LogP contribution >= 0.6 is 0 Å². The predicted molar refractivity (Wildman–Crippen MR) is 84.2 cm³/mol. The Morgan fingerprint density at radius 3 is 2.91 bits per heavy atom. The van der Waals surface area contributed by atoms with Gasteiger partial charge >= 0.3 is 0 Å². The number of pyridine rings is 1. The van der Waals surface area contributed by atoms with Crippen molar-refractivity contribution in [3.8, 4) is 11.3 Å². The summed E-state index contributed by atoms with van der Waals surface area (Å²) < 4.78 is 0. The number of carbonyl (C=O) groups excluding carboxylic acids is 1. The molecule has 1 fully saturated rings. The smallest absolute Gasteiger partial charge is 0.222 e. The summed E-state index contributed by atoms with van der Waals surface area (Å²) in [5, 5.41) is 3.31. The van der Waals surface area contributed by atoms with Crippen molar-refractivity contribution in [1.82, 2.24) is 19.9 Å². The van der Waals surface area contributed by atoms with Crippen LogP contribution in [0.15, 0.2) is 36.9 Å². The topological polar surface area (TPSA) is 71.0 Å². The van der Waals surface area contributed by atoms with Crippen LogP contribution in [-0.2, 0) is 4.79 Å². The first-order valence-corrected chi connectivity index (χ1v) is 7.57. The Morgan fingerprint density at radius 1 is 1.23 bits per heavy atom. The molecule has 3 rings (SSSR count). The van der Waals surface area contributed by atoms with Crippen molar-refractivity contribution in [3.05, 3.63) is 36.9 Å². The zero-order valence-electron chi connectivity index (χ0n) is 12.4. The highest BCUT2D eigenvalue weighted by Crippen LogP contribution is 2.22. The zero-order valence-corrected chi connectivity index (χ0v) is 12.4. The predicted octanol–water partition coefficient (Wildman–Crippen LogP) is 1.96. The van der Waals surface area contributed by atoms with Gasteiger partial charge in [0.1, 0.15) is 5.69 Å². The second-order valence-electron chi connectivity index (χ2n) is 5.26. The molecule has 1 aliphatic heterocycles. The lowest BCUT2D eigenvalue weighted by molar-refractivity contribution is -0.127. The van der Waals surface area contributed by atoms with Crippen molar-refractivity contribution in [3.63, 3.8) is 0 Å². The average molecular weight is 297 g/mol. The molecule has 1 aliphatic rings. The summed E-state index contributed by atoms with van der Waals surface area (Å²) in [5.74, 6) is 1.03. The first kappa shape index (κ1) is 14.4. The van der Waals surface area contributed by atoms with Gasteiger partial charge in [-0.25, -0.2) is 4.98 Å². The summed E-state index contributed by atoms with van der Waals surface area (Å²) in [6.45, 7) is 2.45. The van der Waals surface area contributed by atoms with Gasteiger partial charge in [-0.2, -0.15) is 0 Å². The average Bonchev–Trinajstić information content (AvgIpc) is 2.98. The summed E-state index contributed by atoms with van der Waals surface area (Å²) in [6, 6.07) is 3.85. The molecule has 0 saturated carbocycles. The van der Waals surface area contributed by atoms with E-state index in [-0.39, 0.29) is 5.91 Å². The van der Waals surface area contributed by atoms with E-state index in [0.717, 1.165) is 49.6 Å². The number of hydrogen-bond acceptors (Lipinski definition) is 5. The van der Waals surface area contributed by atoms with Crippen LogP contribution in [0.5, 0.6) is 0 Å². The van der Waals surface area contributed by atoms with Gasteiger partial charge < -0.3 is 10.2 Å². The number of amides is 1. The van der Waals surface area contributed by atoms with E-state index in [4.69, 9.17) is 0 Å². The highest BCUT2D eigenvalue weighted by atomic mass is 16.2. The molecule has 1 N–H and O–H groups in total. The molecule has 6 heteroatoms. The van der Waals surface area contributed by atoms with Crippen LogP contribution in [0, 0.1) is 0 Å². The normalized spacial score (nSPS) is 14.4. The fourth-order valence-electron chi connectivity index (χ4n) is 2.60. The number of hydrogen-bond donors (Lipinski definition) is 1. The quantitative estimate of drug-likeness (QED) is 0.825.